The van der Waals surface area contributed by atoms with Crippen LogP contribution >= 0.6 is 11.3 Å². The summed E-state index contributed by atoms with van der Waals surface area (Å²) in [5, 5.41) is 18.7. The van der Waals surface area contributed by atoms with Gasteiger partial charge < -0.3 is 14.9 Å². The van der Waals surface area contributed by atoms with Crippen LogP contribution in [0.2, 0.25) is 0 Å². The predicted octanol–water partition coefficient (Wildman–Crippen LogP) is 7.41. The van der Waals surface area contributed by atoms with E-state index in [9.17, 15) is 27.9 Å². The Kier molecular flexibility index (Phi) is 10.9. The standard InChI is InChI=1S/C32H31F3N2O5S/c33-32(34,35)31-36-27(21-43-31)24-12-10-23(11-13-24)20-42-28-6-2-1-5-25(28)16-18-37(17-4-3-7-29(38)39)19-22-8-14-26(15-9-22)30(40)41/h1-2,5-6,8-15,21H,3-4,7,16-20H2,(H,38,39)(H,40,41). The Labute approximate surface area is 251 Å². The number of hydrogen-bond acceptors (Lipinski definition) is 6. The zero-order valence-electron chi connectivity index (χ0n) is 23.2. The molecule has 2 N–H and O–H groups in total. The maximum absolute atomic E-state index is 12.9. The molecule has 0 saturated heterocycles. The normalized spacial score (nSPS) is 11.5. The Morgan fingerprint density at radius 1 is 0.884 bits per heavy atom. The molecule has 0 aliphatic heterocycles. The number of benzene rings is 3. The van der Waals surface area contributed by atoms with Gasteiger partial charge in [0.05, 0.1) is 11.3 Å². The number of thiazole rings is 1. The van der Waals surface area contributed by atoms with Crippen molar-refractivity contribution in [2.45, 2.75) is 45.0 Å². The number of nitrogens with zero attached hydrogens (tertiary/aromatic N) is 2. The number of rotatable bonds is 15. The number of carbonyl (C=O) groups is 2. The quantitative estimate of drug-likeness (QED) is 0.135. The molecule has 0 aliphatic rings. The van der Waals surface area contributed by atoms with Crippen LogP contribution < -0.4 is 4.74 Å². The maximum Gasteiger partial charge on any atom is 0.443 e. The molecule has 7 nitrogen and oxygen atoms in total. The van der Waals surface area contributed by atoms with E-state index in [1.54, 1.807) is 48.5 Å². The van der Waals surface area contributed by atoms with E-state index in [1.807, 2.05) is 24.3 Å². The first-order chi connectivity index (χ1) is 20.6. The number of unbranched alkanes of at least 4 members (excludes halogenated alkanes) is 1. The van der Waals surface area contributed by atoms with Crippen molar-refractivity contribution >= 4 is 23.3 Å². The van der Waals surface area contributed by atoms with Crippen molar-refractivity contribution in [2.24, 2.45) is 0 Å². The summed E-state index contributed by atoms with van der Waals surface area (Å²) < 4.78 is 44.8. The summed E-state index contributed by atoms with van der Waals surface area (Å²) in [5.41, 5.74) is 3.91. The lowest BCUT2D eigenvalue weighted by Crippen LogP contribution is -2.27. The van der Waals surface area contributed by atoms with Crippen LogP contribution in [0.3, 0.4) is 0 Å². The first-order valence-electron chi connectivity index (χ1n) is 13.7. The first-order valence-corrected chi connectivity index (χ1v) is 14.6. The molecular weight excluding hydrogens is 581 g/mol. The van der Waals surface area contributed by atoms with Crippen molar-refractivity contribution < 1.29 is 37.7 Å². The molecule has 0 unspecified atom stereocenters. The highest BCUT2D eigenvalue weighted by Gasteiger charge is 2.34. The lowest BCUT2D eigenvalue weighted by molar-refractivity contribution is -0.138. The molecule has 3 aromatic carbocycles. The summed E-state index contributed by atoms with van der Waals surface area (Å²) in [4.78, 5) is 28.0. The lowest BCUT2D eigenvalue weighted by Gasteiger charge is -2.23. The lowest BCUT2D eigenvalue weighted by atomic mass is 10.1. The van der Waals surface area contributed by atoms with Crippen LogP contribution in [0, 0.1) is 0 Å². The molecule has 1 heterocycles. The summed E-state index contributed by atoms with van der Waals surface area (Å²) in [6, 6.07) is 21.5. The average Bonchev–Trinajstić information content (AvgIpc) is 3.49. The van der Waals surface area contributed by atoms with Crippen molar-refractivity contribution in [3.63, 3.8) is 0 Å². The number of alkyl halides is 3. The zero-order chi connectivity index (χ0) is 30.8. The van der Waals surface area contributed by atoms with Crippen molar-refractivity contribution in [1.82, 2.24) is 9.88 Å². The second-order valence-corrected chi connectivity index (χ2v) is 10.9. The number of carboxylic acids is 2. The second kappa shape index (κ2) is 14.8. The average molecular weight is 613 g/mol. The van der Waals surface area contributed by atoms with E-state index in [2.05, 4.69) is 9.88 Å². The highest BCUT2D eigenvalue weighted by Crippen LogP contribution is 2.34. The summed E-state index contributed by atoms with van der Waals surface area (Å²) in [6.45, 7) is 2.23. The molecule has 226 valence electrons. The van der Waals surface area contributed by atoms with Crippen LogP contribution in [0.1, 0.15) is 51.3 Å². The van der Waals surface area contributed by atoms with Crippen LogP contribution in [0.4, 0.5) is 13.2 Å². The van der Waals surface area contributed by atoms with Crippen LogP contribution in [-0.4, -0.2) is 45.1 Å². The minimum Gasteiger partial charge on any atom is -0.489 e. The van der Waals surface area contributed by atoms with E-state index in [0.29, 0.717) is 55.8 Å². The van der Waals surface area contributed by atoms with Crippen molar-refractivity contribution in [2.75, 3.05) is 13.1 Å². The molecule has 0 fully saturated rings. The number of carboxylic acid groups (broad SMARTS) is 2. The molecule has 0 radical (unpaired) electrons. The molecule has 0 atom stereocenters. The van der Waals surface area contributed by atoms with Gasteiger partial charge in [-0.3, -0.25) is 9.69 Å². The molecule has 11 heteroatoms. The van der Waals surface area contributed by atoms with Crippen LogP contribution in [-0.2, 0) is 30.5 Å². The van der Waals surface area contributed by atoms with Gasteiger partial charge in [-0.15, -0.1) is 11.3 Å². The molecule has 0 bridgehead atoms. The molecule has 0 amide bonds. The summed E-state index contributed by atoms with van der Waals surface area (Å²) >= 11 is 0.570. The second-order valence-electron chi connectivity index (χ2n) is 10.0. The molecular formula is C32H31F3N2O5S. The molecule has 0 saturated carbocycles. The third-order valence-electron chi connectivity index (χ3n) is 6.78. The smallest absolute Gasteiger partial charge is 0.443 e. The number of halogens is 3. The number of para-hydroxylation sites is 1. The molecule has 1 aromatic heterocycles. The third-order valence-corrected chi connectivity index (χ3v) is 7.67. The first kappa shape index (κ1) is 31.7. The predicted molar refractivity (Wildman–Crippen MR) is 157 cm³/mol. The Morgan fingerprint density at radius 2 is 1.58 bits per heavy atom. The summed E-state index contributed by atoms with van der Waals surface area (Å²) in [7, 11) is 0. The van der Waals surface area contributed by atoms with Crippen LogP contribution in [0.15, 0.2) is 78.2 Å². The molecule has 4 rings (SSSR count). The van der Waals surface area contributed by atoms with Gasteiger partial charge >= 0.3 is 18.1 Å². The van der Waals surface area contributed by atoms with Gasteiger partial charge in [0.2, 0.25) is 0 Å². The van der Waals surface area contributed by atoms with Crippen molar-refractivity contribution in [1.29, 1.82) is 0 Å². The summed E-state index contributed by atoms with van der Waals surface area (Å²) in [6.07, 6.45) is -2.40. The monoisotopic (exact) mass is 612 g/mol. The highest BCUT2D eigenvalue weighted by molar-refractivity contribution is 7.10. The van der Waals surface area contributed by atoms with Crippen molar-refractivity contribution in [3.05, 3.63) is 105 Å². The Bertz CT molecular complexity index is 1500. The van der Waals surface area contributed by atoms with Gasteiger partial charge in [0.15, 0.2) is 5.01 Å². The van der Waals surface area contributed by atoms with Gasteiger partial charge in [-0.05, 0) is 60.7 Å². The summed E-state index contributed by atoms with van der Waals surface area (Å²) in [5.74, 6) is -1.09. The van der Waals surface area contributed by atoms with E-state index >= 15 is 0 Å². The Balaban J connectivity index is 1.37. The fourth-order valence-corrected chi connectivity index (χ4v) is 5.19. The van der Waals surface area contributed by atoms with E-state index in [4.69, 9.17) is 9.84 Å². The van der Waals surface area contributed by atoms with Gasteiger partial charge in [-0.25, -0.2) is 9.78 Å². The van der Waals surface area contributed by atoms with Crippen LogP contribution in [0.25, 0.3) is 11.3 Å². The van der Waals surface area contributed by atoms with Crippen molar-refractivity contribution in [3.8, 4) is 17.0 Å². The Hall–Kier alpha value is -4.22. The minimum absolute atomic E-state index is 0.108. The zero-order valence-corrected chi connectivity index (χ0v) is 24.0. The van der Waals surface area contributed by atoms with E-state index in [0.717, 1.165) is 22.4 Å². The van der Waals surface area contributed by atoms with Gasteiger partial charge in [-0.2, -0.15) is 13.2 Å². The van der Waals surface area contributed by atoms with E-state index in [1.165, 1.54) is 5.38 Å². The Morgan fingerprint density at radius 3 is 2.23 bits per heavy atom. The van der Waals surface area contributed by atoms with E-state index in [-0.39, 0.29) is 24.3 Å². The number of ether oxygens (including phenoxy) is 1. The number of aromatic nitrogens is 1. The molecule has 4 aromatic rings. The van der Waals surface area contributed by atoms with Gasteiger partial charge in [0, 0.05) is 30.5 Å². The van der Waals surface area contributed by atoms with Crippen LogP contribution in [0.5, 0.6) is 5.75 Å². The van der Waals surface area contributed by atoms with Gasteiger partial charge in [-0.1, -0.05) is 54.6 Å². The highest BCUT2D eigenvalue weighted by atomic mass is 32.1. The number of aliphatic carboxylic acids is 1. The fraction of sp³-hybridized carbons (Fsp3) is 0.281. The number of aromatic carboxylic acids is 1. The third kappa shape index (κ3) is 9.65. The van der Waals surface area contributed by atoms with Gasteiger partial charge in [0.25, 0.3) is 0 Å². The maximum atomic E-state index is 12.9. The molecule has 43 heavy (non-hydrogen) atoms. The SMILES string of the molecule is O=C(O)CCCCN(CCc1ccccc1OCc1ccc(-c2csc(C(F)(F)F)n2)cc1)Cc1ccc(C(=O)O)cc1. The van der Waals surface area contributed by atoms with E-state index < -0.39 is 23.1 Å². The fourth-order valence-electron chi connectivity index (χ4n) is 4.49. The molecule has 0 spiro atoms. The topological polar surface area (TPSA) is 100.0 Å². The van der Waals surface area contributed by atoms with Gasteiger partial charge in [0.1, 0.15) is 12.4 Å². The number of hydrogen-bond donors (Lipinski definition) is 2. The minimum atomic E-state index is -4.46. The molecule has 0 aliphatic carbocycles. The largest absolute Gasteiger partial charge is 0.489 e.